The van der Waals surface area contributed by atoms with E-state index < -0.39 is 0 Å². The molecule has 0 aromatic carbocycles. The molecule has 0 spiro atoms. The summed E-state index contributed by atoms with van der Waals surface area (Å²) in [4.78, 5) is 7.11. The fourth-order valence-electron chi connectivity index (χ4n) is 1.08. The summed E-state index contributed by atoms with van der Waals surface area (Å²) in [5, 5.41) is 17.4. The number of halogens is 3. The van der Waals surface area contributed by atoms with Crippen molar-refractivity contribution in [3.63, 3.8) is 0 Å². The molecule has 1 aliphatic carbocycles. The Labute approximate surface area is 110 Å². The van der Waals surface area contributed by atoms with E-state index in [9.17, 15) is 0 Å². The standard InChI is InChI=1S/C9H3BrCl2N4/c1-4-6(11)9(16-3-14)7(12)5(10)8(4)15-2-13/h1H3. The lowest BCUT2D eigenvalue weighted by Crippen LogP contribution is -2.16. The minimum atomic E-state index is 0.158. The van der Waals surface area contributed by atoms with Crippen molar-refractivity contribution in [2.45, 2.75) is 6.92 Å². The number of rotatable bonds is 0. The molecule has 4 nitrogen and oxygen atoms in total. The number of hydrogen-bond donors (Lipinski definition) is 0. The van der Waals surface area contributed by atoms with Gasteiger partial charge in [-0.1, -0.05) is 23.2 Å². The van der Waals surface area contributed by atoms with Crippen LogP contribution < -0.4 is 0 Å². The van der Waals surface area contributed by atoms with Crippen molar-refractivity contribution in [1.82, 2.24) is 0 Å². The minimum Gasteiger partial charge on any atom is -0.172 e. The monoisotopic (exact) mass is 316 g/mol. The van der Waals surface area contributed by atoms with Crippen molar-refractivity contribution in [2.75, 3.05) is 0 Å². The van der Waals surface area contributed by atoms with E-state index in [1.54, 1.807) is 19.3 Å². The summed E-state index contributed by atoms with van der Waals surface area (Å²) in [5.41, 5.74) is 1.05. The second-order valence-corrected chi connectivity index (χ2v) is 4.24. The molecule has 0 aromatic heterocycles. The third-order valence-electron chi connectivity index (χ3n) is 1.82. The summed E-state index contributed by atoms with van der Waals surface area (Å²) in [5.74, 6) is 0. The van der Waals surface area contributed by atoms with Gasteiger partial charge in [0.05, 0.1) is 20.3 Å². The first-order chi connectivity index (χ1) is 7.54. The van der Waals surface area contributed by atoms with Crippen LogP contribution in [0.25, 0.3) is 0 Å². The third kappa shape index (κ3) is 2.17. The van der Waals surface area contributed by atoms with Gasteiger partial charge in [0.15, 0.2) is 0 Å². The summed E-state index contributed by atoms with van der Waals surface area (Å²) >= 11 is 15.1. The zero-order valence-electron chi connectivity index (χ0n) is 7.92. The second-order valence-electron chi connectivity index (χ2n) is 2.69. The molecule has 0 radical (unpaired) electrons. The van der Waals surface area contributed by atoms with Crippen LogP contribution in [0, 0.1) is 22.9 Å². The Morgan fingerprint density at radius 2 is 1.56 bits per heavy atom. The van der Waals surface area contributed by atoms with Crippen LogP contribution in [-0.4, -0.2) is 11.4 Å². The highest BCUT2D eigenvalue weighted by molar-refractivity contribution is 9.12. The predicted octanol–water partition coefficient (Wildman–Crippen LogP) is 3.20. The van der Waals surface area contributed by atoms with E-state index in [0.29, 0.717) is 15.8 Å². The summed E-state index contributed by atoms with van der Waals surface area (Å²) in [6.07, 6.45) is 3.26. The molecule has 0 heterocycles. The van der Waals surface area contributed by atoms with Gasteiger partial charge in [-0.15, -0.1) is 0 Å². The SMILES string of the molecule is CC1=C(Cl)C(=NC#N)C(Cl)=C(Br)C1=NC#N. The van der Waals surface area contributed by atoms with Gasteiger partial charge in [-0.25, -0.2) is 0 Å². The maximum atomic E-state index is 8.52. The van der Waals surface area contributed by atoms with E-state index >= 15 is 0 Å². The molecular formula is C9H3BrCl2N4. The van der Waals surface area contributed by atoms with E-state index in [2.05, 4.69) is 25.9 Å². The molecule has 0 N–H and O–H groups in total. The van der Waals surface area contributed by atoms with Crippen molar-refractivity contribution in [3.8, 4) is 12.4 Å². The van der Waals surface area contributed by atoms with Gasteiger partial charge in [-0.2, -0.15) is 20.5 Å². The van der Waals surface area contributed by atoms with E-state index in [4.69, 9.17) is 33.7 Å². The van der Waals surface area contributed by atoms with Crippen LogP contribution in [0.4, 0.5) is 0 Å². The number of nitriles is 2. The van der Waals surface area contributed by atoms with E-state index in [1.807, 2.05) is 0 Å². The van der Waals surface area contributed by atoms with Crippen LogP contribution in [0.1, 0.15) is 6.92 Å². The van der Waals surface area contributed by atoms with Crippen molar-refractivity contribution in [3.05, 3.63) is 20.1 Å². The van der Waals surface area contributed by atoms with Crippen molar-refractivity contribution in [1.29, 1.82) is 10.5 Å². The summed E-state index contributed by atoms with van der Waals surface area (Å²) in [7, 11) is 0. The molecule has 0 unspecified atom stereocenters. The van der Waals surface area contributed by atoms with Gasteiger partial charge in [-0.3, -0.25) is 0 Å². The van der Waals surface area contributed by atoms with Crippen LogP contribution in [0.5, 0.6) is 0 Å². The van der Waals surface area contributed by atoms with Crippen molar-refractivity contribution >= 4 is 50.6 Å². The highest BCUT2D eigenvalue weighted by Gasteiger charge is 2.26. The van der Waals surface area contributed by atoms with Crippen molar-refractivity contribution < 1.29 is 0 Å². The van der Waals surface area contributed by atoms with Gasteiger partial charge >= 0.3 is 0 Å². The number of allylic oxidation sites excluding steroid dienone is 4. The molecule has 1 rings (SSSR count). The molecule has 7 heteroatoms. The van der Waals surface area contributed by atoms with Crippen LogP contribution >= 0.6 is 39.1 Å². The molecule has 0 fully saturated rings. The number of hydrogen-bond acceptors (Lipinski definition) is 4. The van der Waals surface area contributed by atoms with Gasteiger partial charge in [0.2, 0.25) is 12.4 Å². The molecule has 80 valence electrons. The molecule has 1 aliphatic rings. The number of aliphatic imine (C=N–C) groups is 2. The summed E-state index contributed by atoms with van der Waals surface area (Å²) < 4.78 is 0.395. The quantitative estimate of drug-likeness (QED) is 0.508. The van der Waals surface area contributed by atoms with Crippen LogP contribution in [-0.2, 0) is 0 Å². The Morgan fingerprint density at radius 3 is 2.06 bits per heavy atom. The van der Waals surface area contributed by atoms with E-state index in [0.717, 1.165) is 0 Å². The highest BCUT2D eigenvalue weighted by atomic mass is 79.9. The summed E-state index contributed by atoms with van der Waals surface area (Å²) in [6.45, 7) is 1.66. The van der Waals surface area contributed by atoms with Crippen LogP contribution in [0.3, 0.4) is 0 Å². The summed E-state index contributed by atoms with van der Waals surface area (Å²) in [6, 6.07) is 0. The minimum absolute atomic E-state index is 0.158. The molecule has 0 aromatic rings. The number of nitrogens with zero attached hydrogens (tertiary/aromatic N) is 4. The lowest BCUT2D eigenvalue weighted by atomic mass is 10.0. The molecule has 16 heavy (non-hydrogen) atoms. The third-order valence-corrected chi connectivity index (χ3v) is 3.66. The van der Waals surface area contributed by atoms with Crippen molar-refractivity contribution in [2.24, 2.45) is 9.98 Å². The zero-order chi connectivity index (χ0) is 12.3. The first-order valence-corrected chi connectivity index (χ1v) is 5.46. The first kappa shape index (κ1) is 12.9. The Bertz CT molecular complexity index is 465. The van der Waals surface area contributed by atoms with Gasteiger partial charge in [0, 0.05) is 0 Å². The fourth-order valence-corrected chi connectivity index (χ4v) is 2.16. The van der Waals surface area contributed by atoms with Crippen LogP contribution in [0.2, 0.25) is 0 Å². The smallest absolute Gasteiger partial charge is 0.172 e. The average Bonchev–Trinajstić information content (AvgIpc) is 2.28. The van der Waals surface area contributed by atoms with E-state index in [-0.39, 0.29) is 15.8 Å². The first-order valence-electron chi connectivity index (χ1n) is 3.91. The largest absolute Gasteiger partial charge is 0.206 e. The Morgan fingerprint density at radius 1 is 1.06 bits per heavy atom. The molecule has 0 atom stereocenters. The van der Waals surface area contributed by atoms with Gasteiger partial charge in [-0.05, 0) is 28.4 Å². The highest BCUT2D eigenvalue weighted by Crippen LogP contribution is 2.33. The maximum absolute atomic E-state index is 8.52. The molecule has 0 saturated carbocycles. The normalized spacial score (nSPS) is 21.4. The fraction of sp³-hybridized carbons (Fsp3) is 0.111. The molecular weight excluding hydrogens is 315 g/mol. The molecule has 0 aliphatic heterocycles. The Kier molecular flexibility index (Phi) is 4.26. The maximum Gasteiger partial charge on any atom is 0.206 e. The molecule has 0 saturated heterocycles. The second kappa shape index (κ2) is 5.27. The lowest BCUT2D eigenvalue weighted by molar-refractivity contribution is 1.40. The molecule has 0 amide bonds. The van der Waals surface area contributed by atoms with E-state index in [1.165, 1.54) is 0 Å². The lowest BCUT2D eigenvalue weighted by Gasteiger charge is -2.16. The topological polar surface area (TPSA) is 72.3 Å². The Balaban J connectivity index is 3.52. The van der Waals surface area contributed by atoms with Gasteiger partial charge < -0.3 is 0 Å². The average molecular weight is 318 g/mol. The van der Waals surface area contributed by atoms with Crippen LogP contribution in [0.15, 0.2) is 30.1 Å². The Hall–Kier alpha value is -1.14. The zero-order valence-corrected chi connectivity index (χ0v) is 11.0. The van der Waals surface area contributed by atoms with Gasteiger partial charge in [0.25, 0.3) is 0 Å². The van der Waals surface area contributed by atoms with Gasteiger partial charge in [0.1, 0.15) is 5.71 Å². The predicted molar refractivity (Wildman–Crippen MR) is 66.5 cm³/mol. The molecule has 0 bridgehead atoms.